The Kier molecular flexibility index (Phi) is 8.30. The molecule has 3 heterocycles. The van der Waals surface area contributed by atoms with Crippen LogP contribution in [-0.4, -0.2) is 48.7 Å². The second kappa shape index (κ2) is 12.3. The van der Waals surface area contributed by atoms with Crippen LogP contribution in [0.5, 0.6) is 11.6 Å². The first-order chi connectivity index (χ1) is 21.2. The standard InChI is InChI=1S/C31H27ClF2N6O3S/c1-18-27(34)29(40-44(41,42)25-9-5-4-8-24(25)32)22-6-2-3-7-23(22)30(18)43-31-28(37-12-13-38-31)19-10-11-36-26(14-19)39-21-15-20(33)16-35-17-21/h2-14,20-21,35,40H,15-17H2,1H3,(H,36,39). The normalized spacial score (nSPS) is 16.9. The Bertz CT molecular complexity index is 1960. The van der Waals surface area contributed by atoms with Crippen LogP contribution in [0, 0.1) is 12.7 Å². The van der Waals surface area contributed by atoms with Gasteiger partial charge in [-0.25, -0.2) is 32.2 Å². The maximum atomic E-state index is 16.0. The third kappa shape index (κ3) is 6.01. The molecule has 6 rings (SSSR count). The van der Waals surface area contributed by atoms with Gasteiger partial charge in [-0.3, -0.25) is 4.72 Å². The van der Waals surface area contributed by atoms with Gasteiger partial charge in [0.25, 0.3) is 10.0 Å². The average molecular weight is 637 g/mol. The van der Waals surface area contributed by atoms with Gasteiger partial charge in [0.05, 0.1) is 10.7 Å². The van der Waals surface area contributed by atoms with Gasteiger partial charge in [0.1, 0.15) is 28.3 Å². The SMILES string of the molecule is Cc1c(F)c(NS(=O)(=O)c2ccccc2Cl)c2ccccc2c1Oc1nccnc1-c1ccnc(NC2CNCC(F)C2)c1. The van der Waals surface area contributed by atoms with Crippen molar-refractivity contribution in [2.45, 2.75) is 30.5 Å². The second-order valence-corrected chi connectivity index (χ2v) is 12.4. The molecular weight excluding hydrogens is 610 g/mol. The zero-order chi connectivity index (χ0) is 30.8. The fraction of sp³-hybridized carbons (Fsp3) is 0.194. The lowest BCUT2D eigenvalue weighted by Gasteiger charge is -2.26. The molecule has 44 heavy (non-hydrogen) atoms. The molecule has 0 saturated carbocycles. The van der Waals surface area contributed by atoms with Crippen LogP contribution < -0.4 is 20.1 Å². The summed E-state index contributed by atoms with van der Waals surface area (Å²) in [6.45, 7) is 2.43. The zero-order valence-electron chi connectivity index (χ0n) is 23.4. The van der Waals surface area contributed by atoms with Crippen molar-refractivity contribution < 1.29 is 21.9 Å². The largest absolute Gasteiger partial charge is 0.436 e. The number of rotatable bonds is 8. The summed E-state index contributed by atoms with van der Waals surface area (Å²) in [7, 11) is -4.23. The first kappa shape index (κ1) is 29.7. The molecule has 0 radical (unpaired) electrons. The molecule has 3 N–H and O–H groups in total. The minimum atomic E-state index is -4.23. The third-order valence-corrected chi connectivity index (χ3v) is 9.09. The Labute approximate surface area is 257 Å². The Hall–Kier alpha value is -4.39. The molecule has 0 amide bonds. The molecule has 0 bridgehead atoms. The van der Waals surface area contributed by atoms with Crippen LogP contribution in [0.3, 0.4) is 0 Å². The van der Waals surface area contributed by atoms with Crippen LogP contribution in [0.2, 0.25) is 5.02 Å². The molecule has 2 aromatic heterocycles. The number of nitrogens with one attached hydrogen (secondary N) is 3. The molecule has 2 unspecified atom stereocenters. The average Bonchev–Trinajstić information content (AvgIpc) is 3.02. The fourth-order valence-corrected chi connectivity index (χ4v) is 6.75. The lowest BCUT2D eigenvalue weighted by Crippen LogP contribution is -2.44. The molecular formula is C31H27ClF2N6O3S. The number of nitrogens with zero attached hydrogens (tertiary/aromatic N) is 3. The van der Waals surface area contributed by atoms with Gasteiger partial charge in [-0.15, -0.1) is 0 Å². The smallest absolute Gasteiger partial charge is 0.263 e. The minimum Gasteiger partial charge on any atom is -0.436 e. The predicted octanol–water partition coefficient (Wildman–Crippen LogP) is 6.50. The molecule has 1 fully saturated rings. The highest BCUT2D eigenvalue weighted by Crippen LogP contribution is 2.42. The van der Waals surface area contributed by atoms with E-state index in [1.807, 2.05) is 0 Å². The van der Waals surface area contributed by atoms with E-state index in [-0.39, 0.29) is 44.2 Å². The van der Waals surface area contributed by atoms with Crippen LogP contribution in [0.1, 0.15) is 12.0 Å². The van der Waals surface area contributed by atoms with E-state index in [2.05, 4.69) is 30.3 Å². The quantitative estimate of drug-likeness (QED) is 0.177. The molecule has 0 spiro atoms. The first-order valence-corrected chi connectivity index (χ1v) is 15.6. The van der Waals surface area contributed by atoms with E-state index >= 15 is 4.39 Å². The summed E-state index contributed by atoms with van der Waals surface area (Å²) in [5, 5.41) is 7.04. The number of benzene rings is 3. The molecule has 13 heteroatoms. The van der Waals surface area contributed by atoms with Gasteiger partial charge < -0.3 is 15.4 Å². The molecule has 1 saturated heterocycles. The van der Waals surface area contributed by atoms with E-state index in [1.54, 1.807) is 48.7 Å². The lowest BCUT2D eigenvalue weighted by atomic mass is 10.0. The maximum Gasteiger partial charge on any atom is 0.263 e. The summed E-state index contributed by atoms with van der Waals surface area (Å²) in [5.74, 6) is -0.0367. The number of hydrogen-bond donors (Lipinski definition) is 3. The topological polar surface area (TPSA) is 118 Å². The molecule has 0 aliphatic carbocycles. The van der Waals surface area contributed by atoms with Crippen LogP contribution in [0.4, 0.5) is 20.3 Å². The number of fused-ring (bicyclic) bond motifs is 1. The molecule has 5 aromatic rings. The summed E-state index contributed by atoms with van der Waals surface area (Å²) in [6, 6.07) is 16.0. The monoisotopic (exact) mass is 636 g/mol. The van der Waals surface area contributed by atoms with Crippen molar-refractivity contribution in [3.8, 4) is 22.9 Å². The van der Waals surface area contributed by atoms with Crippen molar-refractivity contribution in [2.75, 3.05) is 23.1 Å². The van der Waals surface area contributed by atoms with Crippen molar-refractivity contribution in [1.29, 1.82) is 0 Å². The molecule has 1 aliphatic heterocycles. The number of piperidine rings is 1. The second-order valence-electron chi connectivity index (χ2n) is 10.3. The Morgan fingerprint density at radius 3 is 2.52 bits per heavy atom. The van der Waals surface area contributed by atoms with Gasteiger partial charge in [0.2, 0.25) is 5.88 Å². The summed E-state index contributed by atoms with van der Waals surface area (Å²) >= 11 is 6.14. The summed E-state index contributed by atoms with van der Waals surface area (Å²) < 4.78 is 65.1. The van der Waals surface area contributed by atoms with Gasteiger partial charge in [-0.05, 0) is 31.2 Å². The molecule has 1 aliphatic rings. The molecule has 3 aromatic carbocycles. The van der Waals surface area contributed by atoms with Crippen molar-refractivity contribution in [1.82, 2.24) is 20.3 Å². The summed E-state index contributed by atoms with van der Waals surface area (Å²) in [5.41, 5.74) is 0.815. The first-order valence-electron chi connectivity index (χ1n) is 13.8. The number of halogens is 3. The highest BCUT2D eigenvalue weighted by molar-refractivity contribution is 7.92. The van der Waals surface area contributed by atoms with Crippen molar-refractivity contribution >= 4 is 43.9 Å². The maximum absolute atomic E-state index is 16.0. The fourth-order valence-electron chi connectivity index (χ4n) is 5.15. The molecule has 226 valence electrons. The molecule has 2 atom stereocenters. The number of aromatic nitrogens is 3. The van der Waals surface area contributed by atoms with Gasteiger partial charge in [0.15, 0.2) is 5.82 Å². The van der Waals surface area contributed by atoms with Crippen LogP contribution in [0.25, 0.3) is 22.0 Å². The lowest BCUT2D eigenvalue weighted by molar-refractivity contribution is 0.255. The van der Waals surface area contributed by atoms with Gasteiger partial charge in [-0.2, -0.15) is 0 Å². The van der Waals surface area contributed by atoms with Gasteiger partial charge >= 0.3 is 0 Å². The van der Waals surface area contributed by atoms with Crippen molar-refractivity contribution in [3.05, 3.63) is 95.7 Å². The number of ether oxygens (including phenoxy) is 1. The summed E-state index contributed by atoms with van der Waals surface area (Å²) in [6.07, 6.45) is 3.97. The van der Waals surface area contributed by atoms with E-state index in [4.69, 9.17) is 16.3 Å². The number of pyridine rings is 1. The van der Waals surface area contributed by atoms with Crippen LogP contribution in [0.15, 0.2) is 84.1 Å². The minimum absolute atomic E-state index is 0.00746. The van der Waals surface area contributed by atoms with Crippen molar-refractivity contribution in [2.24, 2.45) is 0 Å². The van der Waals surface area contributed by atoms with E-state index in [0.29, 0.717) is 42.0 Å². The van der Waals surface area contributed by atoms with E-state index in [0.717, 1.165) is 0 Å². The highest BCUT2D eigenvalue weighted by Gasteiger charge is 2.26. The van der Waals surface area contributed by atoms with E-state index in [9.17, 15) is 12.8 Å². The third-order valence-electron chi connectivity index (χ3n) is 7.24. The number of anilines is 2. The number of alkyl halides is 1. The van der Waals surface area contributed by atoms with Crippen LogP contribution in [-0.2, 0) is 10.0 Å². The van der Waals surface area contributed by atoms with E-state index in [1.165, 1.54) is 37.5 Å². The van der Waals surface area contributed by atoms with Gasteiger partial charge in [0, 0.05) is 66.0 Å². The van der Waals surface area contributed by atoms with Crippen molar-refractivity contribution in [3.63, 3.8) is 0 Å². The van der Waals surface area contributed by atoms with Gasteiger partial charge in [-0.1, -0.05) is 48.0 Å². The number of hydrogen-bond acceptors (Lipinski definition) is 8. The van der Waals surface area contributed by atoms with E-state index < -0.39 is 22.0 Å². The predicted molar refractivity (Wildman–Crippen MR) is 166 cm³/mol. The Morgan fingerprint density at radius 2 is 1.73 bits per heavy atom. The summed E-state index contributed by atoms with van der Waals surface area (Å²) in [4.78, 5) is 13.0. The Morgan fingerprint density at radius 1 is 0.977 bits per heavy atom. The Balaban J connectivity index is 1.37. The number of sulfonamides is 1. The highest BCUT2D eigenvalue weighted by atomic mass is 35.5. The molecule has 9 nitrogen and oxygen atoms in total. The van der Waals surface area contributed by atoms with Crippen LogP contribution >= 0.6 is 11.6 Å². The zero-order valence-corrected chi connectivity index (χ0v) is 25.0.